The molecule has 4 N–H and O–H groups in total. The maximum Gasteiger partial charge on any atom is 0.217 e. The lowest BCUT2D eigenvalue weighted by molar-refractivity contribution is -0.272. The number of amides is 1. The van der Waals surface area contributed by atoms with Crippen LogP contribution in [0, 0.1) is 0 Å². The first-order valence-corrected chi connectivity index (χ1v) is 7.27. The van der Waals surface area contributed by atoms with Gasteiger partial charge in [0.05, 0.1) is 6.61 Å². The van der Waals surface area contributed by atoms with Gasteiger partial charge in [-0.2, -0.15) is 0 Å². The van der Waals surface area contributed by atoms with Gasteiger partial charge in [0, 0.05) is 6.92 Å². The summed E-state index contributed by atoms with van der Waals surface area (Å²) >= 11 is 1.43. The van der Waals surface area contributed by atoms with Gasteiger partial charge in [0.1, 0.15) is 29.8 Å². The van der Waals surface area contributed by atoms with Crippen LogP contribution in [0.2, 0.25) is 0 Å². The van der Waals surface area contributed by atoms with Crippen LogP contribution < -0.4 is 5.32 Å². The highest BCUT2D eigenvalue weighted by Gasteiger charge is 2.45. The van der Waals surface area contributed by atoms with Gasteiger partial charge in [-0.1, -0.05) is 0 Å². The third kappa shape index (κ3) is 4.30. The molecule has 0 aromatic carbocycles. The van der Waals surface area contributed by atoms with Crippen LogP contribution in [0.15, 0.2) is 0 Å². The van der Waals surface area contributed by atoms with Crippen molar-refractivity contribution in [3.8, 4) is 0 Å². The van der Waals surface area contributed by atoms with Gasteiger partial charge in [-0.3, -0.25) is 4.79 Å². The molecular formula is C11H21NO6S. The van der Waals surface area contributed by atoms with E-state index in [1.807, 2.05) is 6.26 Å². The Hall–Kier alpha value is -0.380. The number of thioether (sulfide) groups is 1. The van der Waals surface area contributed by atoms with Gasteiger partial charge in [-0.25, -0.2) is 0 Å². The van der Waals surface area contributed by atoms with Crippen LogP contribution >= 0.6 is 11.8 Å². The lowest BCUT2D eigenvalue weighted by Crippen LogP contribution is -2.64. The Morgan fingerprint density at radius 2 is 2.11 bits per heavy atom. The summed E-state index contributed by atoms with van der Waals surface area (Å²) in [4.78, 5) is 11.1. The van der Waals surface area contributed by atoms with Gasteiger partial charge in [-0.15, -0.1) is 11.8 Å². The largest absolute Gasteiger partial charge is 0.394 e. The van der Waals surface area contributed by atoms with Crippen LogP contribution in [-0.4, -0.2) is 70.2 Å². The summed E-state index contributed by atoms with van der Waals surface area (Å²) in [6, 6.07) is -0.884. The van der Waals surface area contributed by atoms with Gasteiger partial charge in [-0.05, 0) is 13.2 Å². The summed E-state index contributed by atoms with van der Waals surface area (Å²) in [5.74, 6) is -0.368. The predicted molar refractivity (Wildman–Crippen MR) is 69.4 cm³/mol. The maximum atomic E-state index is 11.1. The summed E-state index contributed by atoms with van der Waals surface area (Å²) in [6.07, 6.45) is -2.59. The Bertz CT molecular complexity index is 305. The third-order valence-corrected chi connectivity index (χ3v) is 3.68. The predicted octanol–water partition coefficient (Wildman–Crippen LogP) is -1.34. The summed E-state index contributed by atoms with van der Waals surface area (Å²) in [5, 5.41) is 31.4. The first-order valence-electron chi connectivity index (χ1n) is 5.98. The Morgan fingerprint density at radius 3 is 2.58 bits per heavy atom. The number of rotatable bonds is 5. The van der Waals surface area contributed by atoms with Crippen molar-refractivity contribution in [3.05, 3.63) is 0 Å². The number of hydrogen-bond acceptors (Lipinski definition) is 7. The fraction of sp³-hybridized carbons (Fsp3) is 0.909. The van der Waals surface area contributed by atoms with E-state index < -0.39 is 37.3 Å². The highest BCUT2D eigenvalue weighted by atomic mass is 32.2. The van der Waals surface area contributed by atoms with Crippen molar-refractivity contribution in [3.63, 3.8) is 0 Å². The lowest BCUT2D eigenvalue weighted by atomic mass is 9.97. The van der Waals surface area contributed by atoms with E-state index in [-0.39, 0.29) is 11.3 Å². The fourth-order valence-electron chi connectivity index (χ4n) is 1.83. The highest BCUT2D eigenvalue weighted by molar-refractivity contribution is 7.99. The summed E-state index contributed by atoms with van der Waals surface area (Å²) in [7, 11) is 0. The average molecular weight is 295 g/mol. The number of ether oxygens (including phenoxy) is 2. The SMILES string of the molecule is CSC(C)OC1OC(CO)C(O)C(O)C1NC(C)=O. The zero-order valence-corrected chi connectivity index (χ0v) is 12.0. The molecule has 0 aliphatic carbocycles. The van der Waals surface area contributed by atoms with E-state index in [0.717, 1.165) is 0 Å². The summed E-state index contributed by atoms with van der Waals surface area (Å²) in [6.45, 7) is 2.65. The smallest absolute Gasteiger partial charge is 0.217 e. The molecule has 112 valence electrons. The van der Waals surface area contributed by atoms with Crippen LogP contribution in [0.5, 0.6) is 0 Å². The van der Waals surface area contributed by atoms with E-state index >= 15 is 0 Å². The van der Waals surface area contributed by atoms with Gasteiger partial charge in [0.2, 0.25) is 5.91 Å². The number of nitrogens with one attached hydrogen (secondary N) is 1. The van der Waals surface area contributed by atoms with Crippen LogP contribution in [0.25, 0.3) is 0 Å². The molecule has 7 nitrogen and oxygen atoms in total. The molecule has 1 aliphatic rings. The minimum absolute atomic E-state index is 0.219. The van der Waals surface area contributed by atoms with Crippen molar-refractivity contribution in [2.75, 3.05) is 12.9 Å². The monoisotopic (exact) mass is 295 g/mol. The van der Waals surface area contributed by atoms with Crippen molar-refractivity contribution in [1.82, 2.24) is 5.32 Å². The van der Waals surface area contributed by atoms with E-state index in [4.69, 9.17) is 14.6 Å². The molecule has 8 heteroatoms. The van der Waals surface area contributed by atoms with Crippen LogP contribution in [0.3, 0.4) is 0 Å². The number of aliphatic hydroxyl groups excluding tert-OH is 3. The second-order valence-electron chi connectivity index (χ2n) is 4.37. The molecule has 1 fully saturated rings. The Labute approximate surface area is 116 Å². The van der Waals surface area contributed by atoms with Crippen molar-refractivity contribution < 1.29 is 29.6 Å². The minimum Gasteiger partial charge on any atom is -0.394 e. The van der Waals surface area contributed by atoms with Crippen molar-refractivity contribution in [2.24, 2.45) is 0 Å². The molecule has 1 saturated heterocycles. The lowest BCUT2D eigenvalue weighted by Gasteiger charge is -2.42. The van der Waals surface area contributed by atoms with E-state index in [0.29, 0.717) is 0 Å². The molecular weight excluding hydrogens is 274 g/mol. The van der Waals surface area contributed by atoms with E-state index in [1.54, 1.807) is 6.92 Å². The zero-order chi connectivity index (χ0) is 14.6. The second kappa shape index (κ2) is 7.41. The number of hydrogen-bond donors (Lipinski definition) is 4. The van der Waals surface area contributed by atoms with Gasteiger partial charge < -0.3 is 30.1 Å². The third-order valence-electron chi connectivity index (χ3n) is 2.91. The van der Waals surface area contributed by atoms with Crippen molar-refractivity contribution in [1.29, 1.82) is 0 Å². The number of carbonyl (C=O) groups is 1. The standard InChI is InChI=1S/C11H21NO6S/c1-5(14)12-8-10(16)9(15)7(4-13)18-11(8)17-6(2)19-3/h6-11,13,15-16H,4H2,1-3H3,(H,12,14). The van der Waals surface area contributed by atoms with Crippen molar-refractivity contribution in [2.45, 2.75) is 49.9 Å². The Kier molecular flexibility index (Phi) is 6.51. The molecule has 19 heavy (non-hydrogen) atoms. The number of aliphatic hydroxyl groups is 3. The Balaban J connectivity index is 2.83. The highest BCUT2D eigenvalue weighted by Crippen LogP contribution is 2.24. The molecule has 1 aliphatic heterocycles. The fourth-order valence-corrected chi connectivity index (χ4v) is 2.05. The first kappa shape index (κ1) is 16.7. The quantitative estimate of drug-likeness (QED) is 0.465. The molecule has 6 unspecified atom stereocenters. The van der Waals surface area contributed by atoms with E-state index in [9.17, 15) is 15.0 Å². The molecule has 1 rings (SSSR count). The molecule has 0 spiro atoms. The average Bonchev–Trinajstić information content (AvgIpc) is 2.37. The number of carbonyl (C=O) groups excluding carboxylic acids is 1. The molecule has 6 atom stereocenters. The Morgan fingerprint density at radius 1 is 1.47 bits per heavy atom. The van der Waals surface area contributed by atoms with Crippen LogP contribution in [-0.2, 0) is 14.3 Å². The molecule has 1 heterocycles. The second-order valence-corrected chi connectivity index (χ2v) is 5.51. The maximum absolute atomic E-state index is 11.1. The van der Waals surface area contributed by atoms with E-state index in [2.05, 4.69) is 5.32 Å². The van der Waals surface area contributed by atoms with Gasteiger partial charge in [0.25, 0.3) is 0 Å². The summed E-state index contributed by atoms with van der Waals surface area (Å²) < 4.78 is 10.9. The van der Waals surface area contributed by atoms with Gasteiger partial charge in [0.15, 0.2) is 6.29 Å². The molecule has 0 aromatic heterocycles. The minimum atomic E-state index is -1.29. The van der Waals surface area contributed by atoms with E-state index in [1.165, 1.54) is 18.7 Å². The first-order chi connectivity index (χ1) is 8.90. The van der Waals surface area contributed by atoms with Crippen LogP contribution in [0.4, 0.5) is 0 Å². The van der Waals surface area contributed by atoms with Crippen molar-refractivity contribution >= 4 is 17.7 Å². The zero-order valence-electron chi connectivity index (χ0n) is 11.1. The topological polar surface area (TPSA) is 108 Å². The molecule has 0 aromatic rings. The molecule has 0 saturated carbocycles. The van der Waals surface area contributed by atoms with Crippen LogP contribution in [0.1, 0.15) is 13.8 Å². The molecule has 1 amide bonds. The van der Waals surface area contributed by atoms with Gasteiger partial charge >= 0.3 is 0 Å². The molecule has 0 radical (unpaired) electrons. The molecule has 0 bridgehead atoms. The summed E-state index contributed by atoms with van der Waals surface area (Å²) in [5.41, 5.74) is -0.219. The normalized spacial score (nSPS) is 36.8.